The van der Waals surface area contributed by atoms with Crippen molar-refractivity contribution < 1.29 is 9.50 Å². The Morgan fingerprint density at radius 3 is 2.77 bits per heavy atom. The molecule has 0 bridgehead atoms. The molecular formula is C9H7Br2FO. The highest BCUT2D eigenvalue weighted by Crippen LogP contribution is 2.26. The molecule has 0 fully saturated rings. The molecule has 0 heterocycles. The summed E-state index contributed by atoms with van der Waals surface area (Å²) in [6.07, 6.45) is 3.43. The first-order valence-corrected chi connectivity index (χ1v) is 5.47. The van der Waals surface area contributed by atoms with E-state index in [2.05, 4.69) is 31.9 Å². The van der Waals surface area contributed by atoms with Crippen molar-refractivity contribution in [2.45, 2.75) is 0 Å². The molecule has 4 heteroatoms. The maximum absolute atomic E-state index is 12.9. The maximum Gasteiger partial charge on any atom is 0.166 e. The van der Waals surface area contributed by atoms with E-state index in [1.165, 1.54) is 6.07 Å². The predicted octanol–water partition coefficient (Wildman–Crippen LogP) is 3.70. The van der Waals surface area contributed by atoms with Gasteiger partial charge in [0.05, 0.1) is 0 Å². The quantitative estimate of drug-likeness (QED) is 0.826. The van der Waals surface area contributed by atoms with Crippen LogP contribution in [0.15, 0.2) is 22.7 Å². The highest BCUT2D eigenvalue weighted by Gasteiger charge is 2.05. The number of halogens is 3. The summed E-state index contributed by atoms with van der Waals surface area (Å²) in [5.41, 5.74) is 0.464. The fraction of sp³-hybridized carbons (Fsp3) is 0.111. The van der Waals surface area contributed by atoms with Gasteiger partial charge in [-0.1, -0.05) is 44.0 Å². The second-order valence-electron chi connectivity index (χ2n) is 2.38. The van der Waals surface area contributed by atoms with Gasteiger partial charge in [0, 0.05) is 15.4 Å². The minimum absolute atomic E-state index is 0.319. The number of alkyl halides is 1. The van der Waals surface area contributed by atoms with Crippen molar-refractivity contribution in [2.24, 2.45) is 0 Å². The van der Waals surface area contributed by atoms with Gasteiger partial charge in [-0.3, -0.25) is 0 Å². The first-order chi connectivity index (χ1) is 6.15. The van der Waals surface area contributed by atoms with Crippen molar-refractivity contribution in [3.8, 4) is 5.75 Å². The smallest absolute Gasteiger partial charge is 0.166 e. The van der Waals surface area contributed by atoms with Crippen molar-refractivity contribution in [2.75, 3.05) is 5.33 Å². The van der Waals surface area contributed by atoms with Gasteiger partial charge in [0.15, 0.2) is 11.6 Å². The van der Waals surface area contributed by atoms with Gasteiger partial charge in [0.2, 0.25) is 0 Å². The van der Waals surface area contributed by atoms with E-state index >= 15 is 0 Å². The van der Waals surface area contributed by atoms with Crippen molar-refractivity contribution in [3.63, 3.8) is 0 Å². The molecule has 0 aliphatic carbocycles. The van der Waals surface area contributed by atoms with Gasteiger partial charge in [-0.2, -0.15) is 0 Å². The Morgan fingerprint density at radius 2 is 2.15 bits per heavy atom. The van der Waals surface area contributed by atoms with E-state index < -0.39 is 5.82 Å². The molecule has 0 aliphatic rings. The number of aromatic hydroxyl groups is 1. The molecule has 1 aromatic carbocycles. The van der Waals surface area contributed by atoms with Crippen LogP contribution >= 0.6 is 31.9 Å². The zero-order valence-electron chi connectivity index (χ0n) is 6.60. The molecule has 0 spiro atoms. The van der Waals surface area contributed by atoms with Gasteiger partial charge in [-0.15, -0.1) is 0 Å². The summed E-state index contributed by atoms with van der Waals surface area (Å²) in [4.78, 5) is 0. The largest absolute Gasteiger partial charge is 0.504 e. The molecule has 0 aromatic heterocycles. The van der Waals surface area contributed by atoms with Gasteiger partial charge in [-0.05, 0) is 12.1 Å². The summed E-state index contributed by atoms with van der Waals surface area (Å²) in [6.45, 7) is 0. The van der Waals surface area contributed by atoms with Crippen LogP contribution in [-0.4, -0.2) is 10.4 Å². The Hall–Kier alpha value is -0.350. The van der Waals surface area contributed by atoms with E-state index in [1.54, 1.807) is 18.2 Å². The fourth-order valence-corrected chi connectivity index (χ4v) is 1.52. The van der Waals surface area contributed by atoms with E-state index in [9.17, 15) is 9.50 Å². The second kappa shape index (κ2) is 4.77. The van der Waals surface area contributed by atoms with Gasteiger partial charge in [0.25, 0.3) is 0 Å². The average Bonchev–Trinajstić information content (AvgIpc) is 2.09. The lowest BCUT2D eigenvalue weighted by atomic mass is 10.2. The third-order valence-corrected chi connectivity index (χ3v) is 2.28. The fourth-order valence-electron chi connectivity index (χ4n) is 0.884. The number of benzene rings is 1. The minimum Gasteiger partial charge on any atom is -0.504 e. The summed E-state index contributed by atoms with van der Waals surface area (Å²) in [6, 6.07) is 2.87. The van der Waals surface area contributed by atoms with Crippen molar-refractivity contribution >= 4 is 37.9 Å². The Bertz CT molecular complexity index is 337. The number of phenolic OH excluding ortho intramolecular Hbond substituents is 1. The molecular weight excluding hydrogens is 303 g/mol. The van der Waals surface area contributed by atoms with E-state index in [1.807, 2.05) is 0 Å². The molecule has 13 heavy (non-hydrogen) atoms. The predicted molar refractivity (Wildman–Crippen MR) is 58.6 cm³/mol. The van der Waals surface area contributed by atoms with Crippen LogP contribution in [0.5, 0.6) is 5.75 Å². The van der Waals surface area contributed by atoms with Crippen LogP contribution in [0.3, 0.4) is 0 Å². The second-order valence-corrected chi connectivity index (χ2v) is 3.95. The normalized spacial score (nSPS) is 11.0. The molecule has 0 aliphatic heterocycles. The molecule has 0 saturated heterocycles. The molecule has 1 aromatic rings. The van der Waals surface area contributed by atoms with Crippen LogP contribution in [-0.2, 0) is 0 Å². The van der Waals surface area contributed by atoms with Crippen LogP contribution in [0.25, 0.3) is 6.08 Å². The Morgan fingerprint density at radius 1 is 1.46 bits per heavy atom. The van der Waals surface area contributed by atoms with Crippen LogP contribution < -0.4 is 0 Å². The maximum atomic E-state index is 12.9. The topological polar surface area (TPSA) is 20.2 Å². The third-order valence-electron chi connectivity index (χ3n) is 1.44. The summed E-state index contributed by atoms with van der Waals surface area (Å²) >= 11 is 6.34. The van der Waals surface area contributed by atoms with Crippen LogP contribution in [0.4, 0.5) is 4.39 Å². The lowest BCUT2D eigenvalue weighted by Gasteiger charge is -2.01. The Labute approximate surface area is 92.5 Å². The van der Waals surface area contributed by atoms with Crippen molar-refractivity contribution in [3.05, 3.63) is 34.1 Å². The first kappa shape index (κ1) is 10.7. The SMILES string of the molecule is Oc1c(F)cc(Br)cc1C=CCBr. The van der Waals surface area contributed by atoms with Gasteiger partial charge >= 0.3 is 0 Å². The molecule has 0 radical (unpaired) electrons. The van der Waals surface area contributed by atoms with Crippen LogP contribution in [0.1, 0.15) is 5.56 Å². The van der Waals surface area contributed by atoms with E-state index in [4.69, 9.17) is 0 Å². The number of phenols is 1. The molecule has 0 unspecified atom stereocenters. The molecule has 70 valence electrons. The zero-order chi connectivity index (χ0) is 9.84. The number of hydrogen-bond acceptors (Lipinski definition) is 1. The number of allylic oxidation sites excluding steroid dienone is 1. The van der Waals surface area contributed by atoms with Crippen molar-refractivity contribution in [1.29, 1.82) is 0 Å². The highest BCUT2D eigenvalue weighted by atomic mass is 79.9. The van der Waals surface area contributed by atoms with E-state index in [0.29, 0.717) is 15.4 Å². The zero-order valence-corrected chi connectivity index (χ0v) is 9.77. The molecule has 0 saturated carbocycles. The van der Waals surface area contributed by atoms with E-state index in [-0.39, 0.29) is 5.75 Å². The minimum atomic E-state index is -0.622. The molecule has 1 rings (SSSR count). The first-order valence-electron chi connectivity index (χ1n) is 3.55. The number of rotatable bonds is 2. The summed E-state index contributed by atoms with van der Waals surface area (Å²) in [5.74, 6) is -0.941. The summed E-state index contributed by atoms with van der Waals surface area (Å²) in [5, 5.41) is 9.95. The van der Waals surface area contributed by atoms with Crippen molar-refractivity contribution in [1.82, 2.24) is 0 Å². The van der Waals surface area contributed by atoms with E-state index in [0.717, 1.165) is 0 Å². The average molecular weight is 310 g/mol. The molecule has 0 amide bonds. The Kier molecular flexibility index (Phi) is 3.93. The van der Waals surface area contributed by atoms with Gasteiger partial charge < -0.3 is 5.11 Å². The van der Waals surface area contributed by atoms with Crippen LogP contribution in [0.2, 0.25) is 0 Å². The summed E-state index contributed by atoms with van der Waals surface area (Å²) in [7, 11) is 0. The standard InChI is InChI=1S/C9H7Br2FO/c10-3-1-2-6-4-7(11)5-8(12)9(6)13/h1-2,4-5,13H,3H2. The molecule has 1 N–H and O–H groups in total. The Balaban J connectivity index is 3.12. The monoisotopic (exact) mass is 308 g/mol. The highest BCUT2D eigenvalue weighted by molar-refractivity contribution is 9.10. The molecule has 1 nitrogen and oxygen atoms in total. The number of hydrogen-bond donors (Lipinski definition) is 1. The summed E-state index contributed by atoms with van der Waals surface area (Å²) < 4.78 is 13.6. The lowest BCUT2D eigenvalue weighted by molar-refractivity contribution is 0.431. The van der Waals surface area contributed by atoms with Gasteiger partial charge in [-0.25, -0.2) is 4.39 Å². The third kappa shape index (κ3) is 2.81. The molecule has 0 atom stereocenters. The van der Waals surface area contributed by atoms with Gasteiger partial charge in [0.1, 0.15) is 0 Å². The lowest BCUT2D eigenvalue weighted by Crippen LogP contribution is -1.81. The van der Waals surface area contributed by atoms with Crippen LogP contribution in [0, 0.1) is 5.82 Å².